The number of nitrogens with one attached hydrogen (secondary N) is 2. The van der Waals surface area contributed by atoms with Crippen LogP contribution in [0, 0.1) is 24.4 Å². The third-order valence-electron chi connectivity index (χ3n) is 2.86. The van der Waals surface area contributed by atoms with Gasteiger partial charge in [0.2, 0.25) is 0 Å². The van der Waals surface area contributed by atoms with Gasteiger partial charge in [-0.2, -0.15) is 0 Å². The van der Waals surface area contributed by atoms with Gasteiger partial charge in [-0.15, -0.1) is 0 Å². The molecular weight excluding hydrogens is 377 g/mol. The summed E-state index contributed by atoms with van der Waals surface area (Å²) in [5, 5.41) is 4.20. The van der Waals surface area contributed by atoms with Crippen LogP contribution in [-0.4, -0.2) is 11.8 Å². The fourth-order valence-corrected chi connectivity index (χ4v) is 2.29. The van der Waals surface area contributed by atoms with Gasteiger partial charge in [-0.1, -0.05) is 6.07 Å². The van der Waals surface area contributed by atoms with Gasteiger partial charge in [-0.05, 0) is 52.7 Å². The first-order valence-electron chi connectivity index (χ1n) is 6.31. The quantitative estimate of drug-likeness (QED) is 0.609. The molecule has 120 valence electrons. The molecule has 8 heteroatoms. The van der Waals surface area contributed by atoms with E-state index < -0.39 is 35.0 Å². The van der Waals surface area contributed by atoms with Crippen LogP contribution in [0.3, 0.4) is 0 Å². The highest BCUT2D eigenvalue weighted by Crippen LogP contribution is 2.23. The van der Waals surface area contributed by atoms with Crippen LogP contribution in [0.2, 0.25) is 0 Å². The number of rotatable bonds is 2. The van der Waals surface area contributed by atoms with Crippen molar-refractivity contribution in [1.82, 2.24) is 0 Å². The Morgan fingerprint density at radius 3 is 2.09 bits per heavy atom. The van der Waals surface area contributed by atoms with Crippen molar-refractivity contribution < 1.29 is 22.8 Å². The molecule has 0 aliphatic rings. The van der Waals surface area contributed by atoms with Gasteiger partial charge >= 0.3 is 11.8 Å². The van der Waals surface area contributed by atoms with Crippen LogP contribution in [0.15, 0.2) is 34.8 Å². The highest BCUT2D eigenvalue weighted by molar-refractivity contribution is 9.10. The summed E-state index contributed by atoms with van der Waals surface area (Å²) in [6, 6.07) is 6.47. The van der Waals surface area contributed by atoms with Crippen LogP contribution < -0.4 is 10.6 Å². The number of hydrogen-bond donors (Lipinski definition) is 2. The third-order valence-corrected chi connectivity index (χ3v) is 3.52. The summed E-state index contributed by atoms with van der Waals surface area (Å²) in [7, 11) is 0. The summed E-state index contributed by atoms with van der Waals surface area (Å²) in [4.78, 5) is 23.5. The fourth-order valence-electron chi connectivity index (χ4n) is 1.70. The molecule has 0 saturated carbocycles. The van der Waals surface area contributed by atoms with E-state index in [0.717, 1.165) is 11.6 Å². The molecule has 0 atom stereocenters. The molecule has 0 aliphatic heterocycles. The zero-order valence-corrected chi connectivity index (χ0v) is 13.3. The SMILES string of the molecule is Cc1ccc(NC(=O)C(=O)Nc2ccc(F)c(F)c2F)c(Br)c1. The number of anilines is 2. The molecule has 2 aromatic rings. The molecule has 0 saturated heterocycles. The van der Waals surface area contributed by atoms with E-state index in [1.165, 1.54) is 0 Å². The first-order chi connectivity index (χ1) is 10.8. The molecule has 4 nitrogen and oxygen atoms in total. The van der Waals surface area contributed by atoms with Crippen molar-refractivity contribution in [2.24, 2.45) is 0 Å². The molecule has 0 heterocycles. The maximum absolute atomic E-state index is 13.5. The second-order valence-corrected chi connectivity index (χ2v) is 5.47. The molecule has 2 N–H and O–H groups in total. The van der Waals surface area contributed by atoms with Gasteiger partial charge in [0.05, 0.1) is 11.4 Å². The van der Waals surface area contributed by atoms with E-state index in [1.807, 2.05) is 12.2 Å². The molecule has 0 unspecified atom stereocenters. The number of amides is 2. The predicted octanol–water partition coefficient (Wildman–Crippen LogP) is 3.75. The van der Waals surface area contributed by atoms with E-state index >= 15 is 0 Å². The minimum atomic E-state index is -1.73. The number of hydrogen-bond acceptors (Lipinski definition) is 2. The van der Waals surface area contributed by atoms with Crippen molar-refractivity contribution in [3.8, 4) is 0 Å². The van der Waals surface area contributed by atoms with E-state index in [-0.39, 0.29) is 0 Å². The maximum Gasteiger partial charge on any atom is 0.314 e. The van der Waals surface area contributed by atoms with Crippen LogP contribution in [0.25, 0.3) is 0 Å². The average molecular weight is 387 g/mol. The summed E-state index contributed by atoms with van der Waals surface area (Å²) in [5.41, 5.74) is 0.636. The molecule has 23 heavy (non-hydrogen) atoms. The molecule has 2 amide bonds. The molecule has 2 rings (SSSR count). The van der Waals surface area contributed by atoms with Crippen molar-refractivity contribution in [2.45, 2.75) is 6.92 Å². The second-order valence-electron chi connectivity index (χ2n) is 4.61. The monoisotopic (exact) mass is 386 g/mol. The van der Waals surface area contributed by atoms with Crippen molar-refractivity contribution >= 4 is 39.1 Å². The minimum Gasteiger partial charge on any atom is -0.317 e. The van der Waals surface area contributed by atoms with Crippen LogP contribution >= 0.6 is 15.9 Å². The van der Waals surface area contributed by atoms with Gasteiger partial charge in [0.1, 0.15) is 0 Å². The molecule has 0 radical (unpaired) electrons. The Morgan fingerprint density at radius 1 is 0.913 bits per heavy atom. The zero-order chi connectivity index (χ0) is 17.1. The molecule has 0 bridgehead atoms. The fraction of sp³-hybridized carbons (Fsp3) is 0.0667. The molecule has 2 aromatic carbocycles. The molecule has 0 fully saturated rings. The summed E-state index contributed by atoms with van der Waals surface area (Å²) >= 11 is 3.22. The van der Waals surface area contributed by atoms with Crippen molar-refractivity contribution in [3.05, 3.63) is 57.8 Å². The first kappa shape index (κ1) is 17.0. The lowest BCUT2D eigenvalue weighted by atomic mass is 10.2. The minimum absolute atomic E-state index is 0.335. The number of benzene rings is 2. The Bertz CT molecular complexity index is 797. The Morgan fingerprint density at radius 2 is 1.48 bits per heavy atom. The summed E-state index contributed by atoms with van der Waals surface area (Å²) in [6.07, 6.45) is 0. The number of carbonyl (C=O) groups is 2. The molecular formula is C15H10BrF3N2O2. The Labute approximate surface area is 137 Å². The second kappa shape index (κ2) is 6.82. The Kier molecular flexibility index (Phi) is 5.05. The summed E-state index contributed by atoms with van der Waals surface area (Å²) in [5.74, 6) is -7.01. The van der Waals surface area contributed by atoms with E-state index in [0.29, 0.717) is 16.2 Å². The first-order valence-corrected chi connectivity index (χ1v) is 7.11. The Balaban J connectivity index is 2.12. The van der Waals surface area contributed by atoms with Gasteiger partial charge < -0.3 is 10.6 Å². The van der Waals surface area contributed by atoms with Crippen molar-refractivity contribution in [3.63, 3.8) is 0 Å². The van der Waals surface area contributed by atoms with Crippen molar-refractivity contribution in [1.29, 1.82) is 0 Å². The van der Waals surface area contributed by atoms with Gasteiger partial charge in [0.25, 0.3) is 0 Å². The maximum atomic E-state index is 13.5. The van der Waals surface area contributed by atoms with E-state index in [2.05, 4.69) is 21.2 Å². The van der Waals surface area contributed by atoms with Crippen LogP contribution in [0.5, 0.6) is 0 Å². The number of carbonyl (C=O) groups excluding carboxylic acids is 2. The summed E-state index contributed by atoms with van der Waals surface area (Å²) < 4.78 is 39.9. The molecule has 0 aliphatic carbocycles. The predicted molar refractivity (Wildman–Crippen MR) is 82.5 cm³/mol. The molecule has 0 aromatic heterocycles. The zero-order valence-electron chi connectivity index (χ0n) is 11.7. The normalized spacial score (nSPS) is 10.3. The lowest BCUT2D eigenvalue weighted by molar-refractivity contribution is -0.133. The molecule has 0 spiro atoms. The lowest BCUT2D eigenvalue weighted by Gasteiger charge is -2.09. The van der Waals surface area contributed by atoms with Crippen LogP contribution in [-0.2, 0) is 9.59 Å². The standard InChI is InChI=1S/C15H10BrF3N2O2/c1-7-2-4-10(8(16)6-7)20-14(22)15(23)21-11-5-3-9(17)12(18)13(11)19/h2-6H,1H3,(H,20,22)(H,21,23). The van der Waals surface area contributed by atoms with Gasteiger partial charge in [0, 0.05) is 4.47 Å². The van der Waals surface area contributed by atoms with E-state index in [4.69, 9.17) is 0 Å². The highest BCUT2D eigenvalue weighted by Gasteiger charge is 2.19. The number of halogens is 4. The average Bonchev–Trinajstić information content (AvgIpc) is 2.50. The topological polar surface area (TPSA) is 58.2 Å². The van der Waals surface area contributed by atoms with Crippen LogP contribution in [0.4, 0.5) is 24.5 Å². The van der Waals surface area contributed by atoms with Crippen molar-refractivity contribution in [2.75, 3.05) is 10.6 Å². The Hall–Kier alpha value is -2.35. The van der Waals surface area contributed by atoms with E-state index in [1.54, 1.807) is 18.2 Å². The van der Waals surface area contributed by atoms with Gasteiger partial charge in [-0.25, -0.2) is 13.2 Å². The summed E-state index contributed by atoms with van der Waals surface area (Å²) in [6.45, 7) is 1.84. The van der Waals surface area contributed by atoms with E-state index in [9.17, 15) is 22.8 Å². The smallest absolute Gasteiger partial charge is 0.314 e. The lowest BCUT2D eigenvalue weighted by Crippen LogP contribution is -2.29. The van der Waals surface area contributed by atoms with Crippen LogP contribution in [0.1, 0.15) is 5.56 Å². The third kappa shape index (κ3) is 3.89. The van der Waals surface area contributed by atoms with Gasteiger partial charge in [0.15, 0.2) is 17.5 Å². The number of aryl methyl sites for hydroxylation is 1. The highest BCUT2D eigenvalue weighted by atomic mass is 79.9. The van der Waals surface area contributed by atoms with Gasteiger partial charge in [-0.3, -0.25) is 9.59 Å². The largest absolute Gasteiger partial charge is 0.317 e.